The molecule has 28 heavy (non-hydrogen) atoms. The Morgan fingerprint density at radius 1 is 1.14 bits per heavy atom. The average Bonchev–Trinajstić information content (AvgIpc) is 2.69. The second kappa shape index (κ2) is 8.04. The molecule has 3 atom stereocenters. The molecule has 2 aliphatic heterocycles. The quantitative estimate of drug-likeness (QED) is 0.816. The number of hydrogen-bond acceptors (Lipinski definition) is 6. The smallest absolute Gasteiger partial charge is 0.129 e. The minimum absolute atomic E-state index is 0.158. The molecule has 1 aromatic carbocycles. The molecule has 0 aliphatic carbocycles. The van der Waals surface area contributed by atoms with Crippen molar-refractivity contribution in [2.75, 3.05) is 51.2 Å². The lowest BCUT2D eigenvalue weighted by Gasteiger charge is -2.43. The molecule has 2 aromatic rings. The first-order valence-corrected chi connectivity index (χ1v) is 10.2. The number of rotatable bonds is 3. The second-order valence-electron chi connectivity index (χ2n) is 8.24. The lowest BCUT2D eigenvalue weighted by atomic mass is 10.1. The maximum atomic E-state index is 9.41. The third-order valence-electron chi connectivity index (χ3n) is 5.88. The van der Waals surface area contributed by atoms with Crippen molar-refractivity contribution in [3.05, 3.63) is 35.9 Å². The van der Waals surface area contributed by atoms with Gasteiger partial charge < -0.3 is 14.5 Å². The van der Waals surface area contributed by atoms with Gasteiger partial charge in [0.1, 0.15) is 11.9 Å². The summed E-state index contributed by atoms with van der Waals surface area (Å²) in [5.74, 6) is 0.932. The first-order chi connectivity index (χ1) is 13.5. The molecule has 1 aromatic heterocycles. The zero-order valence-corrected chi connectivity index (χ0v) is 17.0. The third-order valence-corrected chi connectivity index (χ3v) is 5.88. The minimum Gasteiger partial charge on any atom is -0.370 e. The number of pyridine rings is 1. The molecule has 4 rings (SSSR count). The Morgan fingerprint density at radius 2 is 2.00 bits per heavy atom. The molecule has 0 bridgehead atoms. The topological polar surface area (TPSA) is 55.6 Å². The van der Waals surface area contributed by atoms with E-state index >= 15 is 0 Å². The fourth-order valence-corrected chi connectivity index (χ4v) is 4.45. The summed E-state index contributed by atoms with van der Waals surface area (Å²) in [7, 11) is 2.19. The summed E-state index contributed by atoms with van der Waals surface area (Å²) in [6.45, 7) is 10.3. The van der Waals surface area contributed by atoms with Crippen LogP contribution < -0.4 is 4.90 Å². The molecule has 6 heteroatoms. The van der Waals surface area contributed by atoms with E-state index in [1.165, 1.54) is 0 Å². The van der Waals surface area contributed by atoms with E-state index in [0.717, 1.165) is 56.0 Å². The Hall–Kier alpha value is -2.20. The van der Waals surface area contributed by atoms with Crippen molar-refractivity contribution in [3.63, 3.8) is 0 Å². The van der Waals surface area contributed by atoms with E-state index < -0.39 is 0 Å². The third kappa shape index (κ3) is 3.97. The van der Waals surface area contributed by atoms with Crippen LogP contribution in [0.4, 0.5) is 5.82 Å². The van der Waals surface area contributed by atoms with Crippen molar-refractivity contribution >= 4 is 16.7 Å². The number of aromatic nitrogens is 1. The van der Waals surface area contributed by atoms with E-state index in [9.17, 15) is 5.26 Å². The Labute approximate surface area is 167 Å². The van der Waals surface area contributed by atoms with Crippen LogP contribution in [-0.4, -0.2) is 79.3 Å². The standard InChI is InChI=1S/C22H29N5O/c1-16-12-25(3)9-10-26(16)14-20-15-27(13-17(2)28-20)21-8-7-18-5-4-6-19(11-23)22(18)24-21/h4-8,16-17,20H,9-10,12-15H2,1-3H3. The maximum Gasteiger partial charge on any atom is 0.129 e. The van der Waals surface area contributed by atoms with Crippen molar-refractivity contribution in [2.45, 2.75) is 32.1 Å². The van der Waals surface area contributed by atoms with Gasteiger partial charge in [-0.3, -0.25) is 4.90 Å². The lowest BCUT2D eigenvalue weighted by molar-refractivity contribution is -0.0451. The molecule has 0 saturated carbocycles. The number of fused-ring (bicyclic) bond motifs is 1. The maximum absolute atomic E-state index is 9.41. The first-order valence-electron chi connectivity index (χ1n) is 10.2. The molecule has 0 spiro atoms. The molecule has 3 heterocycles. The SMILES string of the molecule is CC1CN(c2ccc3cccc(C#N)c3n2)CC(CN2CCN(C)CC2C)O1. The van der Waals surface area contributed by atoms with Gasteiger partial charge >= 0.3 is 0 Å². The Morgan fingerprint density at radius 3 is 2.79 bits per heavy atom. The Kier molecular flexibility index (Phi) is 5.49. The summed E-state index contributed by atoms with van der Waals surface area (Å²) in [6, 6.07) is 12.7. The lowest BCUT2D eigenvalue weighted by Crippen LogP contribution is -2.56. The zero-order valence-electron chi connectivity index (χ0n) is 17.0. The number of benzene rings is 1. The van der Waals surface area contributed by atoms with Gasteiger partial charge in [-0.25, -0.2) is 4.98 Å². The fourth-order valence-electron chi connectivity index (χ4n) is 4.45. The number of nitrogens with zero attached hydrogens (tertiary/aromatic N) is 5. The van der Waals surface area contributed by atoms with E-state index in [2.05, 4.69) is 53.8 Å². The molecular weight excluding hydrogens is 350 g/mol. The number of hydrogen-bond donors (Lipinski definition) is 0. The summed E-state index contributed by atoms with van der Waals surface area (Å²) in [5, 5.41) is 10.4. The number of nitriles is 1. The van der Waals surface area contributed by atoms with Crippen LogP contribution in [0.2, 0.25) is 0 Å². The van der Waals surface area contributed by atoms with Crippen LogP contribution in [0.5, 0.6) is 0 Å². The number of likely N-dealkylation sites (N-methyl/N-ethyl adjacent to an activating group) is 1. The van der Waals surface area contributed by atoms with Crippen molar-refractivity contribution in [3.8, 4) is 6.07 Å². The highest BCUT2D eigenvalue weighted by Crippen LogP contribution is 2.24. The van der Waals surface area contributed by atoms with Crippen LogP contribution in [0.3, 0.4) is 0 Å². The van der Waals surface area contributed by atoms with E-state index in [1.54, 1.807) is 0 Å². The molecule has 148 valence electrons. The number of morpholine rings is 1. The molecular formula is C22H29N5O. The van der Waals surface area contributed by atoms with Gasteiger partial charge in [0.15, 0.2) is 0 Å². The number of ether oxygens (including phenoxy) is 1. The van der Waals surface area contributed by atoms with Crippen molar-refractivity contribution in [1.82, 2.24) is 14.8 Å². The summed E-state index contributed by atoms with van der Waals surface area (Å²) >= 11 is 0. The van der Waals surface area contributed by atoms with Gasteiger partial charge in [0.05, 0.1) is 23.3 Å². The van der Waals surface area contributed by atoms with E-state index in [4.69, 9.17) is 9.72 Å². The van der Waals surface area contributed by atoms with Crippen LogP contribution in [-0.2, 0) is 4.74 Å². The monoisotopic (exact) mass is 379 g/mol. The van der Waals surface area contributed by atoms with Crippen LogP contribution >= 0.6 is 0 Å². The van der Waals surface area contributed by atoms with Crippen molar-refractivity contribution in [2.24, 2.45) is 0 Å². The molecule has 2 saturated heterocycles. The van der Waals surface area contributed by atoms with E-state index in [1.807, 2.05) is 18.2 Å². The second-order valence-corrected chi connectivity index (χ2v) is 8.24. The highest BCUT2D eigenvalue weighted by Gasteiger charge is 2.30. The first kappa shape index (κ1) is 19.1. The van der Waals surface area contributed by atoms with Gasteiger partial charge in [-0.2, -0.15) is 5.26 Å². The van der Waals surface area contributed by atoms with E-state index in [-0.39, 0.29) is 12.2 Å². The predicted molar refractivity (Wildman–Crippen MR) is 112 cm³/mol. The number of piperazine rings is 1. The molecule has 0 N–H and O–H groups in total. The molecule has 2 aliphatic rings. The molecule has 3 unspecified atom stereocenters. The van der Waals surface area contributed by atoms with Crippen molar-refractivity contribution in [1.29, 1.82) is 5.26 Å². The Bertz CT molecular complexity index is 879. The van der Waals surface area contributed by atoms with Crippen LogP contribution in [0.25, 0.3) is 10.9 Å². The highest BCUT2D eigenvalue weighted by molar-refractivity contribution is 5.85. The van der Waals surface area contributed by atoms with Gasteiger partial charge in [0.2, 0.25) is 0 Å². The largest absolute Gasteiger partial charge is 0.370 e. The van der Waals surface area contributed by atoms with Crippen molar-refractivity contribution < 1.29 is 4.74 Å². The zero-order chi connectivity index (χ0) is 19.7. The summed E-state index contributed by atoms with van der Waals surface area (Å²) in [5.41, 5.74) is 1.41. The summed E-state index contributed by atoms with van der Waals surface area (Å²) < 4.78 is 6.27. The van der Waals surface area contributed by atoms with Crippen LogP contribution in [0.15, 0.2) is 30.3 Å². The van der Waals surface area contributed by atoms with Gasteiger partial charge in [-0.1, -0.05) is 12.1 Å². The van der Waals surface area contributed by atoms with E-state index in [0.29, 0.717) is 11.6 Å². The van der Waals surface area contributed by atoms with Gasteiger partial charge in [-0.05, 0) is 39.1 Å². The van der Waals surface area contributed by atoms with Gasteiger partial charge in [0.25, 0.3) is 0 Å². The van der Waals surface area contributed by atoms with Gasteiger partial charge in [-0.15, -0.1) is 0 Å². The molecule has 0 radical (unpaired) electrons. The van der Waals surface area contributed by atoms with Gasteiger partial charge in [0, 0.05) is 50.7 Å². The molecule has 6 nitrogen and oxygen atoms in total. The fraction of sp³-hybridized carbons (Fsp3) is 0.545. The highest BCUT2D eigenvalue weighted by atomic mass is 16.5. The number of para-hydroxylation sites is 1. The normalized spacial score (nSPS) is 27.1. The molecule has 0 amide bonds. The summed E-state index contributed by atoms with van der Waals surface area (Å²) in [4.78, 5) is 12.1. The minimum atomic E-state index is 0.158. The number of anilines is 1. The Balaban J connectivity index is 1.52. The van der Waals surface area contributed by atoms with Crippen LogP contribution in [0, 0.1) is 11.3 Å². The molecule has 2 fully saturated rings. The summed E-state index contributed by atoms with van der Waals surface area (Å²) in [6.07, 6.45) is 0.323. The average molecular weight is 380 g/mol. The van der Waals surface area contributed by atoms with Crippen LogP contribution in [0.1, 0.15) is 19.4 Å². The predicted octanol–water partition coefficient (Wildman–Crippen LogP) is 2.34.